The van der Waals surface area contributed by atoms with Crippen LogP contribution in [0.15, 0.2) is 30.3 Å². The van der Waals surface area contributed by atoms with Gasteiger partial charge in [0, 0.05) is 36.2 Å². The van der Waals surface area contributed by atoms with Crippen molar-refractivity contribution < 1.29 is 18.9 Å². The van der Waals surface area contributed by atoms with Crippen molar-refractivity contribution in [3.05, 3.63) is 47.0 Å². The van der Waals surface area contributed by atoms with E-state index in [1.54, 1.807) is 0 Å². The van der Waals surface area contributed by atoms with Crippen molar-refractivity contribution in [2.45, 2.75) is 39.5 Å². The number of rotatable bonds is 6. The predicted molar refractivity (Wildman–Crippen MR) is 94.5 cm³/mol. The molecule has 4 rings (SSSR count). The van der Waals surface area contributed by atoms with E-state index >= 15 is 0 Å². The van der Waals surface area contributed by atoms with Crippen LogP contribution in [0, 0.1) is 0 Å². The Morgan fingerprint density at radius 3 is 2.88 bits per heavy atom. The third-order valence-electron chi connectivity index (χ3n) is 4.49. The fourth-order valence-corrected chi connectivity index (χ4v) is 3.37. The molecule has 0 aromatic heterocycles. The van der Waals surface area contributed by atoms with Gasteiger partial charge in [0.1, 0.15) is 17.6 Å². The van der Waals surface area contributed by atoms with Gasteiger partial charge in [-0.2, -0.15) is 0 Å². The number of para-hydroxylation sites is 1. The number of ether oxygens (including phenoxy) is 4. The fraction of sp³-hybridized carbons (Fsp3) is 0.400. The SMILES string of the molecule is CCOc1cc2c(cc1CNCc1cccc3c1OCO3)O[C@H](C)C2. The minimum absolute atomic E-state index is 0.233. The van der Waals surface area contributed by atoms with Gasteiger partial charge in [-0.05, 0) is 32.0 Å². The molecule has 0 saturated carbocycles. The number of benzene rings is 2. The summed E-state index contributed by atoms with van der Waals surface area (Å²) in [6, 6.07) is 10.2. The quantitative estimate of drug-likeness (QED) is 0.872. The zero-order valence-corrected chi connectivity index (χ0v) is 14.6. The van der Waals surface area contributed by atoms with Crippen LogP contribution < -0.4 is 24.3 Å². The summed E-state index contributed by atoms with van der Waals surface area (Å²) in [5.74, 6) is 3.56. The Balaban J connectivity index is 1.48. The second-order valence-corrected chi connectivity index (χ2v) is 6.39. The predicted octanol–water partition coefficient (Wildman–Crippen LogP) is 3.43. The van der Waals surface area contributed by atoms with E-state index in [-0.39, 0.29) is 6.10 Å². The maximum absolute atomic E-state index is 5.89. The molecule has 0 fully saturated rings. The molecule has 2 aliphatic heterocycles. The molecule has 0 amide bonds. The third-order valence-corrected chi connectivity index (χ3v) is 4.49. The number of nitrogens with one attached hydrogen (secondary N) is 1. The Kier molecular flexibility index (Phi) is 4.40. The van der Waals surface area contributed by atoms with Crippen LogP contribution >= 0.6 is 0 Å². The van der Waals surface area contributed by atoms with Crippen LogP contribution in [0.25, 0.3) is 0 Å². The number of fused-ring (bicyclic) bond motifs is 2. The highest BCUT2D eigenvalue weighted by Crippen LogP contribution is 2.36. The van der Waals surface area contributed by atoms with Gasteiger partial charge >= 0.3 is 0 Å². The monoisotopic (exact) mass is 341 g/mol. The molecule has 0 spiro atoms. The third kappa shape index (κ3) is 3.24. The molecule has 5 heteroatoms. The summed E-state index contributed by atoms with van der Waals surface area (Å²) in [5.41, 5.74) is 3.43. The molecule has 25 heavy (non-hydrogen) atoms. The van der Waals surface area contributed by atoms with Crippen LogP contribution in [0.2, 0.25) is 0 Å². The molecule has 5 nitrogen and oxygen atoms in total. The number of hydrogen-bond acceptors (Lipinski definition) is 5. The van der Waals surface area contributed by atoms with Gasteiger partial charge in [-0.3, -0.25) is 0 Å². The molecule has 2 aromatic carbocycles. The highest BCUT2D eigenvalue weighted by Gasteiger charge is 2.22. The van der Waals surface area contributed by atoms with E-state index in [0.29, 0.717) is 26.5 Å². The van der Waals surface area contributed by atoms with Crippen molar-refractivity contribution in [1.82, 2.24) is 5.32 Å². The van der Waals surface area contributed by atoms with Gasteiger partial charge in [0.25, 0.3) is 0 Å². The van der Waals surface area contributed by atoms with Crippen molar-refractivity contribution in [3.63, 3.8) is 0 Å². The standard InChI is InChI=1S/C20H23NO4/c1-3-22-18-8-15-7-13(2)25-19(15)9-16(18)11-21-10-14-5-4-6-17-20(14)24-12-23-17/h4-6,8-9,13,21H,3,7,10-12H2,1-2H3/t13-/m1/s1. The lowest BCUT2D eigenvalue weighted by Gasteiger charge is -2.14. The molecule has 0 radical (unpaired) electrons. The van der Waals surface area contributed by atoms with E-state index in [2.05, 4.69) is 30.4 Å². The Labute approximate surface area is 147 Å². The van der Waals surface area contributed by atoms with Gasteiger partial charge < -0.3 is 24.3 Å². The zero-order valence-electron chi connectivity index (χ0n) is 14.6. The lowest BCUT2D eigenvalue weighted by atomic mass is 10.1. The summed E-state index contributed by atoms with van der Waals surface area (Å²) >= 11 is 0. The van der Waals surface area contributed by atoms with Gasteiger partial charge in [0.15, 0.2) is 11.5 Å². The van der Waals surface area contributed by atoms with Crippen molar-refractivity contribution in [2.24, 2.45) is 0 Å². The fourth-order valence-electron chi connectivity index (χ4n) is 3.37. The second-order valence-electron chi connectivity index (χ2n) is 6.39. The maximum Gasteiger partial charge on any atom is 0.231 e. The summed E-state index contributed by atoms with van der Waals surface area (Å²) in [7, 11) is 0. The molecule has 1 atom stereocenters. The maximum atomic E-state index is 5.89. The van der Waals surface area contributed by atoms with E-state index in [9.17, 15) is 0 Å². The molecule has 132 valence electrons. The summed E-state index contributed by atoms with van der Waals surface area (Å²) in [6.07, 6.45) is 1.17. The average molecular weight is 341 g/mol. The molecule has 0 bridgehead atoms. The van der Waals surface area contributed by atoms with Crippen molar-refractivity contribution in [1.29, 1.82) is 0 Å². The molecule has 2 heterocycles. The normalized spacial score (nSPS) is 17.3. The molecular formula is C20H23NO4. The Hall–Kier alpha value is -2.40. The van der Waals surface area contributed by atoms with Crippen molar-refractivity contribution >= 4 is 0 Å². The topological polar surface area (TPSA) is 49.0 Å². The summed E-state index contributed by atoms with van der Waals surface area (Å²) < 4.78 is 22.7. The van der Waals surface area contributed by atoms with Crippen LogP contribution in [0.5, 0.6) is 23.0 Å². The van der Waals surface area contributed by atoms with E-state index in [4.69, 9.17) is 18.9 Å². The van der Waals surface area contributed by atoms with Crippen LogP contribution in [-0.4, -0.2) is 19.5 Å². The van der Waals surface area contributed by atoms with E-state index < -0.39 is 0 Å². The van der Waals surface area contributed by atoms with Crippen LogP contribution in [0.1, 0.15) is 30.5 Å². The first-order chi connectivity index (χ1) is 12.2. The van der Waals surface area contributed by atoms with Gasteiger partial charge in [-0.15, -0.1) is 0 Å². The first kappa shape index (κ1) is 16.1. The highest BCUT2D eigenvalue weighted by molar-refractivity contribution is 5.49. The summed E-state index contributed by atoms with van der Waals surface area (Å²) in [5, 5.41) is 3.48. The molecule has 0 saturated heterocycles. The summed E-state index contributed by atoms with van der Waals surface area (Å²) in [4.78, 5) is 0. The van der Waals surface area contributed by atoms with Crippen LogP contribution in [-0.2, 0) is 19.5 Å². The van der Waals surface area contributed by atoms with Crippen LogP contribution in [0.3, 0.4) is 0 Å². The largest absolute Gasteiger partial charge is 0.494 e. The van der Waals surface area contributed by atoms with Crippen molar-refractivity contribution in [3.8, 4) is 23.0 Å². The van der Waals surface area contributed by atoms with Gasteiger partial charge in [0.05, 0.1) is 6.61 Å². The highest BCUT2D eigenvalue weighted by atomic mass is 16.7. The second kappa shape index (κ2) is 6.84. The Bertz CT molecular complexity index is 775. The lowest BCUT2D eigenvalue weighted by molar-refractivity contribution is 0.173. The van der Waals surface area contributed by atoms with Gasteiger partial charge in [0.2, 0.25) is 6.79 Å². The molecule has 0 unspecified atom stereocenters. The van der Waals surface area contributed by atoms with Gasteiger partial charge in [-0.1, -0.05) is 12.1 Å². The molecular weight excluding hydrogens is 318 g/mol. The first-order valence-corrected chi connectivity index (χ1v) is 8.78. The minimum Gasteiger partial charge on any atom is -0.494 e. The Morgan fingerprint density at radius 2 is 2.00 bits per heavy atom. The Morgan fingerprint density at radius 1 is 1.12 bits per heavy atom. The zero-order chi connectivity index (χ0) is 17.2. The minimum atomic E-state index is 0.233. The lowest BCUT2D eigenvalue weighted by Crippen LogP contribution is -2.14. The van der Waals surface area contributed by atoms with Crippen LogP contribution in [0.4, 0.5) is 0 Å². The summed E-state index contributed by atoms with van der Waals surface area (Å²) in [6.45, 7) is 6.45. The first-order valence-electron chi connectivity index (χ1n) is 8.78. The van der Waals surface area contributed by atoms with Crippen molar-refractivity contribution in [2.75, 3.05) is 13.4 Å². The number of hydrogen-bond donors (Lipinski definition) is 1. The smallest absolute Gasteiger partial charge is 0.231 e. The molecule has 2 aliphatic rings. The molecule has 0 aliphatic carbocycles. The van der Waals surface area contributed by atoms with E-state index in [1.165, 1.54) is 5.56 Å². The molecule has 2 aromatic rings. The average Bonchev–Trinajstić information content (AvgIpc) is 3.21. The van der Waals surface area contributed by atoms with E-state index in [0.717, 1.165) is 40.5 Å². The van der Waals surface area contributed by atoms with E-state index in [1.807, 2.05) is 19.1 Å². The van der Waals surface area contributed by atoms with Gasteiger partial charge in [-0.25, -0.2) is 0 Å². The molecule has 1 N–H and O–H groups in total.